The molecule has 33 heavy (non-hydrogen) atoms. The first-order chi connectivity index (χ1) is 16.0. The van der Waals surface area contributed by atoms with Gasteiger partial charge in [0.2, 0.25) is 5.91 Å². The van der Waals surface area contributed by atoms with E-state index in [0.29, 0.717) is 6.54 Å². The average molecular weight is 471 g/mol. The zero-order chi connectivity index (χ0) is 23.6. The molecule has 2 aromatic carbocycles. The van der Waals surface area contributed by atoms with Gasteiger partial charge in [0, 0.05) is 18.9 Å². The molecule has 0 spiro atoms. The van der Waals surface area contributed by atoms with E-state index >= 15 is 0 Å². The number of amides is 2. The number of carbonyl (C=O) groups is 3. The average Bonchev–Trinajstić information content (AvgIpc) is 3.13. The summed E-state index contributed by atoms with van der Waals surface area (Å²) in [6.45, 7) is 0.608. The number of rotatable bonds is 12. The van der Waals surface area contributed by atoms with Gasteiger partial charge < -0.3 is 20.5 Å². The lowest BCUT2D eigenvalue weighted by molar-refractivity contribution is -0.137. The van der Waals surface area contributed by atoms with Crippen LogP contribution < -0.4 is 10.6 Å². The quantitative estimate of drug-likeness (QED) is 0.405. The van der Waals surface area contributed by atoms with Crippen LogP contribution >= 0.6 is 11.8 Å². The van der Waals surface area contributed by atoms with E-state index in [-0.39, 0.29) is 25.4 Å². The molecule has 0 bridgehead atoms. The van der Waals surface area contributed by atoms with Crippen LogP contribution in [0.5, 0.6) is 0 Å². The molecule has 2 amide bonds. The van der Waals surface area contributed by atoms with Crippen LogP contribution in [0, 0.1) is 0 Å². The lowest BCUT2D eigenvalue weighted by Crippen LogP contribution is -2.47. The molecule has 0 radical (unpaired) electrons. The molecule has 0 saturated heterocycles. The third-order valence-corrected chi connectivity index (χ3v) is 6.37. The Kier molecular flexibility index (Phi) is 9.18. The Hall–Kier alpha value is -3.00. The van der Waals surface area contributed by atoms with Gasteiger partial charge in [0.05, 0.1) is 0 Å². The molecule has 7 nitrogen and oxygen atoms in total. The minimum absolute atomic E-state index is 0.00380. The smallest absolute Gasteiger partial charge is 0.407 e. The van der Waals surface area contributed by atoms with Crippen molar-refractivity contribution < 1.29 is 24.2 Å². The van der Waals surface area contributed by atoms with Crippen LogP contribution in [0.25, 0.3) is 11.1 Å². The molecule has 8 heteroatoms. The van der Waals surface area contributed by atoms with E-state index in [1.54, 1.807) is 11.8 Å². The minimum Gasteiger partial charge on any atom is -0.481 e. The number of unbranched alkanes of at least 4 members (excludes halogenated alkanes) is 1. The first-order valence-corrected chi connectivity index (χ1v) is 12.5. The van der Waals surface area contributed by atoms with Crippen molar-refractivity contribution in [2.75, 3.05) is 25.2 Å². The number of alkyl carbamates (subject to hydrolysis) is 1. The second kappa shape index (κ2) is 12.3. The third-order valence-electron chi connectivity index (χ3n) is 5.67. The zero-order valence-corrected chi connectivity index (χ0v) is 19.5. The standard InChI is InChI=1S/C25H30N2O5S/c1-33-15-7-6-14-26-24(30)22(12-13-23(28)29)27-25(31)32-16-21-19-10-4-2-8-17(19)18-9-3-5-11-20(18)21/h2-5,8-11,21-22H,6-7,12-16H2,1H3,(H,26,30)(H,27,31)(H,28,29). The maximum absolute atomic E-state index is 12.5. The molecule has 1 unspecified atom stereocenters. The van der Waals surface area contributed by atoms with Crippen LogP contribution in [0.2, 0.25) is 0 Å². The predicted molar refractivity (Wildman–Crippen MR) is 129 cm³/mol. The number of hydrogen-bond donors (Lipinski definition) is 3. The minimum atomic E-state index is -1.03. The number of aliphatic carboxylic acids is 1. The Morgan fingerprint density at radius 1 is 1.03 bits per heavy atom. The molecule has 0 aliphatic heterocycles. The van der Waals surface area contributed by atoms with Crippen molar-refractivity contribution in [1.82, 2.24) is 10.6 Å². The van der Waals surface area contributed by atoms with E-state index in [1.807, 2.05) is 42.7 Å². The number of carbonyl (C=O) groups excluding carboxylic acids is 2. The summed E-state index contributed by atoms with van der Waals surface area (Å²) >= 11 is 1.74. The van der Waals surface area contributed by atoms with Crippen molar-refractivity contribution in [2.45, 2.75) is 37.6 Å². The SMILES string of the molecule is CSCCCCNC(=O)C(CCC(=O)O)NC(=O)OCC1c2ccccc2-c2ccccc21. The van der Waals surface area contributed by atoms with Gasteiger partial charge in [-0.2, -0.15) is 11.8 Å². The Morgan fingerprint density at radius 3 is 2.27 bits per heavy atom. The molecule has 0 heterocycles. The van der Waals surface area contributed by atoms with Crippen molar-refractivity contribution in [2.24, 2.45) is 0 Å². The molecule has 2 aromatic rings. The van der Waals surface area contributed by atoms with Gasteiger partial charge in [-0.1, -0.05) is 48.5 Å². The highest BCUT2D eigenvalue weighted by Gasteiger charge is 2.29. The number of carboxylic acids is 1. The van der Waals surface area contributed by atoms with Gasteiger partial charge in [-0.15, -0.1) is 0 Å². The Morgan fingerprint density at radius 2 is 1.67 bits per heavy atom. The van der Waals surface area contributed by atoms with Gasteiger partial charge in [-0.05, 0) is 53.5 Å². The van der Waals surface area contributed by atoms with Gasteiger partial charge in [-0.25, -0.2) is 4.79 Å². The molecule has 3 rings (SSSR count). The summed E-state index contributed by atoms with van der Waals surface area (Å²) in [5, 5.41) is 14.3. The molecule has 1 atom stereocenters. The summed E-state index contributed by atoms with van der Waals surface area (Å²) in [5.74, 6) is -0.502. The number of thioether (sulfide) groups is 1. The van der Waals surface area contributed by atoms with Crippen molar-refractivity contribution in [3.63, 3.8) is 0 Å². The molecule has 0 fully saturated rings. The molecular weight excluding hydrogens is 440 g/mol. The number of hydrogen-bond acceptors (Lipinski definition) is 5. The predicted octanol–water partition coefficient (Wildman–Crippen LogP) is 4.02. The molecule has 0 aromatic heterocycles. The van der Waals surface area contributed by atoms with Crippen LogP contribution in [0.1, 0.15) is 42.7 Å². The Balaban J connectivity index is 1.58. The van der Waals surface area contributed by atoms with Gasteiger partial charge in [0.1, 0.15) is 12.6 Å². The third kappa shape index (κ3) is 6.74. The maximum atomic E-state index is 12.5. The van der Waals surface area contributed by atoms with Gasteiger partial charge in [0.15, 0.2) is 0 Å². The Labute approximate surface area is 198 Å². The van der Waals surface area contributed by atoms with E-state index in [9.17, 15) is 14.4 Å². The molecule has 1 aliphatic carbocycles. The summed E-state index contributed by atoms with van der Waals surface area (Å²) in [6, 6.07) is 15.1. The van der Waals surface area contributed by atoms with E-state index in [4.69, 9.17) is 9.84 Å². The largest absolute Gasteiger partial charge is 0.481 e. The monoisotopic (exact) mass is 470 g/mol. The van der Waals surface area contributed by atoms with Crippen molar-refractivity contribution in [1.29, 1.82) is 0 Å². The second-order valence-electron chi connectivity index (χ2n) is 7.95. The van der Waals surface area contributed by atoms with Gasteiger partial charge in [-0.3, -0.25) is 9.59 Å². The fourth-order valence-corrected chi connectivity index (χ4v) is 4.52. The highest BCUT2D eigenvalue weighted by atomic mass is 32.2. The van der Waals surface area contributed by atoms with Crippen LogP contribution in [-0.4, -0.2) is 54.3 Å². The lowest BCUT2D eigenvalue weighted by atomic mass is 9.98. The van der Waals surface area contributed by atoms with E-state index < -0.39 is 24.0 Å². The van der Waals surface area contributed by atoms with E-state index in [1.165, 1.54) is 0 Å². The normalized spacial score (nSPS) is 13.0. The number of benzene rings is 2. The molecule has 0 saturated carbocycles. The first kappa shape index (κ1) is 24.6. The first-order valence-electron chi connectivity index (χ1n) is 11.1. The van der Waals surface area contributed by atoms with Crippen LogP contribution in [0.15, 0.2) is 48.5 Å². The van der Waals surface area contributed by atoms with Crippen LogP contribution in [-0.2, 0) is 14.3 Å². The Bertz CT molecular complexity index is 935. The molecule has 1 aliphatic rings. The van der Waals surface area contributed by atoms with Crippen LogP contribution in [0.4, 0.5) is 4.79 Å². The van der Waals surface area contributed by atoms with E-state index in [2.05, 4.69) is 22.8 Å². The molecular formula is C25H30N2O5S. The van der Waals surface area contributed by atoms with Gasteiger partial charge in [0.25, 0.3) is 0 Å². The maximum Gasteiger partial charge on any atom is 0.407 e. The number of ether oxygens (including phenoxy) is 1. The summed E-state index contributed by atoms with van der Waals surface area (Å²) < 4.78 is 5.50. The fraction of sp³-hybridized carbons (Fsp3) is 0.400. The van der Waals surface area contributed by atoms with E-state index in [0.717, 1.165) is 40.8 Å². The van der Waals surface area contributed by atoms with Crippen LogP contribution in [0.3, 0.4) is 0 Å². The molecule has 3 N–H and O–H groups in total. The summed E-state index contributed by atoms with van der Waals surface area (Å²) in [4.78, 5) is 36.1. The fourth-order valence-electron chi connectivity index (χ4n) is 4.03. The van der Waals surface area contributed by atoms with Gasteiger partial charge >= 0.3 is 12.1 Å². The summed E-state index contributed by atoms with van der Waals surface area (Å²) in [7, 11) is 0. The topological polar surface area (TPSA) is 105 Å². The molecule has 176 valence electrons. The van der Waals surface area contributed by atoms with Crippen molar-refractivity contribution in [3.05, 3.63) is 59.7 Å². The highest BCUT2D eigenvalue weighted by Crippen LogP contribution is 2.44. The van der Waals surface area contributed by atoms with Crippen molar-refractivity contribution >= 4 is 29.7 Å². The zero-order valence-electron chi connectivity index (χ0n) is 18.7. The number of nitrogens with one attached hydrogen (secondary N) is 2. The highest BCUT2D eigenvalue weighted by molar-refractivity contribution is 7.98. The summed E-state index contributed by atoms with van der Waals surface area (Å²) in [6.07, 6.45) is 2.86. The summed E-state index contributed by atoms with van der Waals surface area (Å²) in [5.41, 5.74) is 4.44. The lowest BCUT2D eigenvalue weighted by Gasteiger charge is -2.19. The number of carboxylic acid groups (broad SMARTS) is 1. The second-order valence-corrected chi connectivity index (χ2v) is 8.93. The van der Waals surface area contributed by atoms with Crippen molar-refractivity contribution in [3.8, 4) is 11.1 Å². The number of fused-ring (bicyclic) bond motifs is 3.